The highest BCUT2D eigenvalue weighted by molar-refractivity contribution is 9.10. The Morgan fingerprint density at radius 1 is 1.17 bits per heavy atom. The van der Waals surface area contributed by atoms with Crippen molar-refractivity contribution < 1.29 is 14.5 Å². The van der Waals surface area contributed by atoms with Crippen LogP contribution in [0.5, 0.6) is 11.5 Å². The molecule has 0 aliphatic heterocycles. The average Bonchev–Trinajstić information content (AvgIpc) is 3.17. The van der Waals surface area contributed by atoms with Crippen LogP contribution in [0.1, 0.15) is 5.56 Å². The molecule has 12 heteroatoms. The molecule has 0 amide bonds. The number of benzene rings is 2. The molecule has 0 fully saturated rings. The topological polar surface area (TPSA) is 131 Å². The minimum Gasteiger partial charge on any atom is -0.504 e. The number of hydrogen-bond donors (Lipinski definition) is 3. The van der Waals surface area contributed by atoms with E-state index in [2.05, 4.69) is 56.7 Å². The lowest BCUT2D eigenvalue weighted by Crippen LogP contribution is -2.03. The van der Waals surface area contributed by atoms with Gasteiger partial charge in [-0.2, -0.15) is 10.1 Å². The van der Waals surface area contributed by atoms with Gasteiger partial charge in [-0.3, -0.25) is 5.43 Å². The quantitative estimate of drug-likeness (QED) is 0.267. The van der Waals surface area contributed by atoms with E-state index in [4.69, 9.17) is 16.3 Å². The molecule has 4 aromatic rings. The summed E-state index contributed by atoms with van der Waals surface area (Å²) < 4.78 is 10.5. The van der Waals surface area contributed by atoms with Crippen LogP contribution in [-0.4, -0.2) is 38.7 Å². The number of hydrazone groups is 1. The highest BCUT2D eigenvalue weighted by Crippen LogP contribution is 2.32. The SMILES string of the molecule is COc1cc(Br)cc(/C=N/Nc2nc3nonc3nc2Nc2cccc(Cl)c2)c1O. The average molecular weight is 491 g/mol. The van der Waals surface area contributed by atoms with Crippen molar-refractivity contribution in [2.45, 2.75) is 0 Å². The maximum Gasteiger partial charge on any atom is 0.245 e. The maximum absolute atomic E-state index is 10.3. The van der Waals surface area contributed by atoms with Crippen LogP contribution in [0.15, 0.2) is 50.6 Å². The second-order valence-electron chi connectivity index (χ2n) is 5.88. The summed E-state index contributed by atoms with van der Waals surface area (Å²) in [5, 5.41) is 25.5. The summed E-state index contributed by atoms with van der Waals surface area (Å²) in [5.74, 6) is 0.847. The highest BCUT2D eigenvalue weighted by atomic mass is 79.9. The van der Waals surface area contributed by atoms with Crippen LogP contribution < -0.4 is 15.5 Å². The van der Waals surface area contributed by atoms with Gasteiger partial charge < -0.3 is 15.2 Å². The smallest absolute Gasteiger partial charge is 0.245 e. The van der Waals surface area contributed by atoms with Crippen LogP contribution in [0, 0.1) is 0 Å². The van der Waals surface area contributed by atoms with Gasteiger partial charge in [0.05, 0.1) is 13.3 Å². The Morgan fingerprint density at radius 2 is 1.93 bits per heavy atom. The van der Waals surface area contributed by atoms with Crippen LogP contribution in [0.25, 0.3) is 11.3 Å². The molecule has 2 aromatic heterocycles. The lowest BCUT2D eigenvalue weighted by atomic mass is 10.2. The minimum atomic E-state index is -0.0502. The summed E-state index contributed by atoms with van der Waals surface area (Å²) in [4.78, 5) is 8.66. The van der Waals surface area contributed by atoms with E-state index in [0.717, 1.165) is 4.47 Å². The lowest BCUT2D eigenvalue weighted by Gasteiger charge is -2.10. The van der Waals surface area contributed by atoms with E-state index in [1.165, 1.54) is 13.3 Å². The van der Waals surface area contributed by atoms with Gasteiger partial charge in [-0.1, -0.05) is 33.6 Å². The zero-order valence-corrected chi connectivity index (χ0v) is 17.6. The Hall–Kier alpha value is -3.44. The second kappa shape index (κ2) is 8.51. The predicted octanol–water partition coefficient (Wildman–Crippen LogP) is 4.33. The van der Waals surface area contributed by atoms with Gasteiger partial charge in [-0.25, -0.2) is 9.61 Å². The first-order valence-electron chi connectivity index (χ1n) is 8.42. The molecule has 3 N–H and O–H groups in total. The Balaban J connectivity index is 1.65. The number of nitrogens with zero attached hydrogens (tertiary/aromatic N) is 5. The van der Waals surface area contributed by atoms with Crippen LogP contribution in [0.2, 0.25) is 5.02 Å². The number of nitrogens with one attached hydrogen (secondary N) is 2. The third-order valence-corrected chi connectivity index (χ3v) is 4.56. The first-order chi connectivity index (χ1) is 14.5. The van der Waals surface area contributed by atoms with Crippen molar-refractivity contribution in [3.05, 3.63) is 51.5 Å². The standard InChI is InChI=1S/C18H13BrClN7O3/c1-29-13-6-10(19)5-9(14(13)28)8-21-25-16-15(22-12-4-2-3-11(20)7-12)23-17-18(24-16)27-30-26-17/h2-8,28H,1H3,(H,22,23,26)(H,24,25,27)/b21-8+. The third kappa shape index (κ3) is 4.26. The summed E-state index contributed by atoms with van der Waals surface area (Å²) >= 11 is 9.40. The Bertz CT molecular complexity index is 1250. The number of fused-ring (bicyclic) bond motifs is 1. The van der Waals surface area contributed by atoms with Crippen molar-refractivity contribution in [2.24, 2.45) is 5.10 Å². The summed E-state index contributed by atoms with van der Waals surface area (Å²) in [6.07, 6.45) is 1.42. The Kier molecular flexibility index (Phi) is 5.63. The van der Waals surface area contributed by atoms with Crippen molar-refractivity contribution in [2.75, 3.05) is 17.9 Å². The molecule has 0 saturated carbocycles. The number of ether oxygens (including phenoxy) is 1. The lowest BCUT2D eigenvalue weighted by molar-refractivity contribution is 0.314. The fraction of sp³-hybridized carbons (Fsp3) is 0.0556. The number of phenols is 1. The van der Waals surface area contributed by atoms with Crippen molar-refractivity contribution in [1.82, 2.24) is 20.3 Å². The van der Waals surface area contributed by atoms with E-state index in [9.17, 15) is 5.11 Å². The van der Waals surface area contributed by atoms with E-state index in [0.29, 0.717) is 27.8 Å². The third-order valence-electron chi connectivity index (χ3n) is 3.86. The predicted molar refractivity (Wildman–Crippen MR) is 116 cm³/mol. The molecule has 0 radical (unpaired) electrons. The molecule has 0 spiro atoms. The molecule has 4 rings (SSSR count). The maximum atomic E-state index is 10.3. The van der Waals surface area contributed by atoms with Crippen LogP contribution in [-0.2, 0) is 0 Å². The Labute approximate surface area is 183 Å². The fourth-order valence-corrected chi connectivity index (χ4v) is 3.16. The molecule has 10 nitrogen and oxygen atoms in total. The molecule has 0 aliphatic carbocycles. The summed E-state index contributed by atoms with van der Waals surface area (Å²) in [6.45, 7) is 0. The molecule has 0 aliphatic rings. The van der Waals surface area contributed by atoms with Gasteiger partial charge in [0.25, 0.3) is 0 Å². The van der Waals surface area contributed by atoms with Crippen molar-refractivity contribution >= 4 is 62.4 Å². The normalized spacial score (nSPS) is 11.2. The van der Waals surface area contributed by atoms with E-state index in [1.54, 1.807) is 30.3 Å². The van der Waals surface area contributed by atoms with Crippen molar-refractivity contribution in [3.8, 4) is 11.5 Å². The molecule has 0 atom stereocenters. The highest BCUT2D eigenvalue weighted by Gasteiger charge is 2.13. The second-order valence-corrected chi connectivity index (χ2v) is 7.24. The summed E-state index contributed by atoms with van der Waals surface area (Å²) in [5.41, 5.74) is 4.33. The van der Waals surface area contributed by atoms with Gasteiger partial charge >= 0.3 is 0 Å². The molecular formula is C18H13BrClN7O3. The number of halogens is 2. The van der Waals surface area contributed by atoms with E-state index >= 15 is 0 Å². The van der Waals surface area contributed by atoms with Crippen molar-refractivity contribution in [3.63, 3.8) is 0 Å². The number of anilines is 3. The molecule has 0 unspecified atom stereocenters. The molecule has 30 heavy (non-hydrogen) atoms. The van der Waals surface area contributed by atoms with Gasteiger partial charge in [0.2, 0.25) is 11.3 Å². The first-order valence-corrected chi connectivity index (χ1v) is 9.59. The molecule has 2 aromatic carbocycles. The number of hydrogen-bond acceptors (Lipinski definition) is 10. The molecular weight excluding hydrogens is 478 g/mol. The zero-order valence-electron chi connectivity index (χ0n) is 15.3. The van der Waals surface area contributed by atoms with Crippen molar-refractivity contribution in [1.29, 1.82) is 0 Å². The van der Waals surface area contributed by atoms with Gasteiger partial charge in [0, 0.05) is 20.7 Å². The van der Waals surface area contributed by atoms with Gasteiger partial charge in [0.1, 0.15) is 0 Å². The van der Waals surface area contributed by atoms with Gasteiger partial charge in [0.15, 0.2) is 23.1 Å². The van der Waals surface area contributed by atoms with Gasteiger partial charge in [-0.15, -0.1) is 0 Å². The fourth-order valence-electron chi connectivity index (χ4n) is 2.52. The molecule has 0 bridgehead atoms. The van der Waals surface area contributed by atoms with E-state index < -0.39 is 0 Å². The van der Waals surface area contributed by atoms with E-state index in [1.807, 2.05) is 6.07 Å². The Morgan fingerprint density at radius 3 is 2.67 bits per heavy atom. The summed E-state index contributed by atoms with van der Waals surface area (Å²) in [6, 6.07) is 10.4. The van der Waals surface area contributed by atoms with E-state index in [-0.39, 0.29) is 22.9 Å². The van der Waals surface area contributed by atoms with Crippen LogP contribution >= 0.6 is 27.5 Å². The molecule has 152 valence electrons. The first kappa shape index (κ1) is 19.9. The number of rotatable bonds is 6. The number of aromatic nitrogens is 4. The minimum absolute atomic E-state index is 0.0502. The van der Waals surface area contributed by atoms with Gasteiger partial charge in [-0.05, 0) is 40.6 Å². The van der Waals surface area contributed by atoms with Crippen LogP contribution in [0.4, 0.5) is 17.3 Å². The van der Waals surface area contributed by atoms with Crippen LogP contribution in [0.3, 0.4) is 0 Å². The zero-order chi connectivity index (χ0) is 21.1. The largest absolute Gasteiger partial charge is 0.504 e. The molecule has 0 saturated heterocycles. The number of aromatic hydroxyl groups is 1. The number of phenolic OH excluding ortho intramolecular Hbond substituents is 1. The monoisotopic (exact) mass is 489 g/mol. The summed E-state index contributed by atoms with van der Waals surface area (Å²) in [7, 11) is 1.46. The molecule has 2 heterocycles. The number of methoxy groups -OCH3 is 1.